The fourth-order valence-corrected chi connectivity index (χ4v) is 1.78. The zero-order chi connectivity index (χ0) is 18.1. The van der Waals surface area contributed by atoms with Crippen LogP contribution in [0.1, 0.15) is 33.3 Å². The molecular weight excluding hydrogens is 308 g/mol. The first-order valence-corrected chi connectivity index (χ1v) is 7.82. The van der Waals surface area contributed by atoms with Crippen molar-refractivity contribution in [2.75, 3.05) is 6.54 Å². The largest absolute Gasteiger partial charge is 0.448 e. The Labute approximate surface area is 142 Å². The van der Waals surface area contributed by atoms with Gasteiger partial charge in [0.25, 0.3) is 5.91 Å². The quantitative estimate of drug-likeness (QED) is 0.590. The smallest absolute Gasteiger partial charge is 0.355 e. The Morgan fingerprint density at radius 2 is 1.75 bits per heavy atom. The van der Waals surface area contributed by atoms with Crippen molar-refractivity contribution in [2.45, 2.75) is 33.8 Å². The Hall–Kier alpha value is -2.63. The van der Waals surface area contributed by atoms with Crippen molar-refractivity contribution in [1.82, 2.24) is 10.6 Å². The maximum atomic E-state index is 12.3. The number of carbonyl (C=O) groups excluding carboxylic acids is 3. The minimum atomic E-state index is -0.954. The molecule has 6 heteroatoms. The molecule has 6 nitrogen and oxygen atoms in total. The Morgan fingerprint density at radius 3 is 2.29 bits per heavy atom. The predicted octanol–water partition coefficient (Wildman–Crippen LogP) is 1.87. The highest BCUT2D eigenvalue weighted by atomic mass is 16.5. The normalized spacial score (nSPS) is 12.5. The first-order chi connectivity index (χ1) is 11.3. The molecule has 0 bridgehead atoms. The average Bonchev–Trinajstić information content (AvgIpc) is 2.52. The second-order valence-electron chi connectivity index (χ2n) is 5.84. The van der Waals surface area contributed by atoms with Gasteiger partial charge in [-0.25, -0.2) is 4.79 Å². The van der Waals surface area contributed by atoms with Gasteiger partial charge in [-0.2, -0.15) is 0 Å². The summed E-state index contributed by atoms with van der Waals surface area (Å²) >= 11 is 0. The first-order valence-electron chi connectivity index (χ1n) is 7.82. The minimum Gasteiger partial charge on any atom is -0.448 e. The Kier molecular flexibility index (Phi) is 7.68. The molecule has 24 heavy (non-hydrogen) atoms. The molecule has 0 fully saturated rings. The Bertz CT molecular complexity index is 609. The number of carbonyl (C=O) groups is 3. The van der Waals surface area contributed by atoms with E-state index < -0.39 is 18.0 Å². The molecule has 0 aromatic heterocycles. The highest BCUT2D eigenvalue weighted by Crippen LogP contribution is 2.08. The van der Waals surface area contributed by atoms with Crippen LogP contribution in [0.4, 0.5) is 0 Å². The van der Waals surface area contributed by atoms with Gasteiger partial charge in [-0.1, -0.05) is 44.2 Å². The van der Waals surface area contributed by atoms with Gasteiger partial charge in [-0.05, 0) is 24.5 Å². The van der Waals surface area contributed by atoms with Gasteiger partial charge in [0.05, 0.1) is 0 Å². The van der Waals surface area contributed by atoms with E-state index in [1.54, 1.807) is 12.1 Å². The van der Waals surface area contributed by atoms with E-state index in [4.69, 9.17) is 4.74 Å². The molecule has 0 aliphatic carbocycles. The lowest BCUT2D eigenvalue weighted by atomic mass is 10.2. The van der Waals surface area contributed by atoms with Crippen LogP contribution < -0.4 is 10.6 Å². The molecule has 1 rings (SSSR count). The molecule has 0 saturated carbocycles. The molecule has 2 amide bonds. The third-order valence-electron chi connectivity index (χ3n) is 2.98. The standard InChI is InChI=1S/C18H24N2O4/c1-12(2)11-19-17(22)13(3)24-18(23)16(20-14(4)21)10-15-8-6-5-7-9-15/h5-10,12-13H,11H2,1-4H3,(H,19,22)(H,20,21)/b16-10-/t13-/m0/s1. The molecule has 0 unspecified atom stereocenters. The first kappa shape index (κ1) is 19.4. The lowest BCUT2D eigenvalue weighted by Crippen LogP contribution is -2.39. The van der Waals surface area contributed by atoms with Gasteiger partial charge in [-0.3, -0.25) is 9.59 Å². The summed E-state index contributed by atoms with van der Waals surface area (Å²) in [6.45, 7) is 7.22. The third kappa shape index (κ3) is 7.09. The predicted molar refractivity (Wildman–Crippen MR) is 91.6 cm³/mol. The summed E-state index contributed by atoms with van der Waals surface area (Å²) in [5.41, 5.74) is 0.715. The lowest BCUT2D eigenvalue weighted by Gasteiger charge is -2.16. The van der Waals surface area contributed by atoms with E-state index in [2.05, 4.69) is 10.6 Å². The van der Waals surface area contributed by atoms with Crippen LogP contribution in [0.15, 0.2) is 36.0 Å². The van der Waals surface area contributed by atoms with E-state index in [0.29, 0.717) is 12.5 Å². The van der Waals surface area contributed by atoms with Gasteiger partial charge in [0.2, 0.25) is 5.91 Å². The zero-order valence-corrected chi connectivity index (χ0v) is 14.5. The van der Waals surface area contributed by atoms with Crippen molar-refractivity contribution in [3.05, 3.63) is 41.6 Å². The molecule has 0 saturated heterocycles. The summed E-state index contributed by atoms with van der Waals surface area (Å²) in [5.74, 6) is -1.24. The van der Waals surface area contributed by atoms with Gasteiger partial charge >= 0.3 is 5.97 Å². The fourth-order valence-electron chi connectivity index (χ4n) is 1.78. The van der Waals surface area contributed by atoms with E-state index in [1.165, 1.54) is 19.9 Å². The van der Waals surface area contributed by atoms with Crippen molar-refractivity contribution in [1.29, 1.82) is 0 Å². The van der Waals surface area contributed by atoms with Crippen LogP contribution >= 0.6 is 0 Å². The van der Waals surface area contributed by atoms with E-state index >= 15 is 0 Å². The summed E-state index contributed by atoms with van der Waals surface area (Å²) in [6.07, 6.45) is 0.548. The van der Waals surface area contributed by atoms with Crippen molar-refractivity contribution in [2.24, 2.45) is 5.92 Å². The van der Waals surface area contributed by atoms with E-state index in [-0.39, 0.29) is 11.6 Å². The third-order valence-corrected chi connectivity index (χ3v) is 2.98. The monoisotopic (exact) mass is 332 g/mol. The second-order valence-corrected chi connectivity index (χ2v) is 5.84. The highest BCUT2D eigenvalue weighted by Gasteiger charge is 2.21. The molecule has 1 aromatic carbocycles. The Morgan fingerprint density at radius 1 is 1.12 bits per heavy atom. The second kappa shape index (κ2) is 9.50. The summed E-state index contributed by atoms with van der Waals surface area (Å²) in [7, 11) is 0. The van der Waals surface area contributed by atoms with Crippen molar-refractivity contribution < 1.29 is 19.1 Å². The van der Waals surface area contributed by atoms with Gasteiger partial charge in [0.15, 0.2) is 6.10 Å². The number of hydrogen-bond donors (Lipinski definition) is 2. The molecule has 0 spiro atoms. The van der Waals surface area contributed by atoms with E-state index in [1.807, 2.05) is 32.0 Å². The fraction of sp³-hybridized carbons (Fsp3) is 0.389. The summed E-state index contributed by atoms with van der Waals surface area (Å²) in [4.78, 5) is 35.4. The number of hydrogen-bond acceptors (Lipinski definition) is 4. The van der Waals surface area contributed by atoms with Crippen molar-refractivity contribution >= 4 is 23.9 Å². The van der Waals surface area contributed by atoms with Crippen molar-refractivity contribution in [3.63, 3.8) is 0 Å². The van der Waals surface area contributed by atoms with Crippen LogP contribution in [0.25, 0.3) is 6.08 Å². The molecule has 130 valence electrons. The lowest BCUT2D eigenvalue weighted by molar-refractivity contribution is -0.151. The topological polar surface area (TPSA) is 84.5 Å². The van der Waals surface area contributed by atoms with Crippen LogP contribution in [0, 0.1) is 5.92 Å². The summed E-state index contributed by atoms with van der Waals surface area (Å²) in [5, 5.41) is 5.13. The molecule has 2 N–H and O–H groups in total. The Balaban J connectivity index is 2.80. The van der Waals surface area contributed by atoms with Crippen LogP contribution in [0.5, 0.6) is 0 Å². The molecule has 1 atom stereocenters. The molecule has 0 radical (unpaired) electrons. The van der Waals surface area contributed by atoms with E-state index in [9.17, 15) is 14.4 Å². The van der Waals surface area contributed by atoms with Crippen LogP contribution in [-0.4, -0.2) is 30.4 Å². The highest BCUT2D eigenvalue weighted by molar-refractivity contribution is 5.98. The van der Waals surface area contributed by atoms with Gasteiger partial charge in [0, 0.05) is 13.5 Å². The number of esters is 1. The van der Waals surface area contributed by atoms with Crippen LogP contribution in [-0.2, 0) is 19.1 Å². The maximum absolute atomic E-state index is 12.3. The molecular formula is C18H24N2O4. The number of benzene rings is 1. The SMILES string of the molecule is CC(=O)N/C(=C\c1ccccc1)C(=O)O[C@@H](C)C(=O)NCC(C)C. The van der Waals surface area contributed by atoms with Gasteiger partial charge in [-0.15, -0.1) is 0 Å². The zero-order valence-electron chi connectivity index (χ0n) is 14.5. The molecule has 0 heterocycles. The summed E-state index contributed by atoms with van der Waals surface area (Å²) < 4.78 is 5.15. The number of amides is 2. The van der Waals surface area contributed by atoms with E-state index in [0.717, 1.165) is 5.56 Å². The number of rotatable bonds is 7. The molecule has 0 aliphatic heterocycles. The average molecular weight is 332 g/mol. The van der Waals surface area contributed by atoms with Gasteiger partial charge < -0.3 is 15.4 Å². The van der Waals surface area contributed by atoms with Crippen LogP contribution in [0.3, 0.4) is 0 Å². The number of nitrogens with one attached hydrogen (secondary N) is 2. The van der Waals surface area contributed by atoms with Crippen LogP contribution in [0.2, 0.25) is 0 Å². The molecule has 1 aromatic rings. The van der Waals surface area contributed by atoms with Crippen molar-refractivity contribution in [3.8, 4) is 0 Å². The molecule has 0 aliphatic rings. The maximum Gasteiger partial charge on any atom is 0.355 e. The number of ether oxygens (including phenoxy) is 1. The minimum absolute atomic E-state index is 0.0165. The summed E-state index contributed by atoms with van der Waals surface area (Å²) in [6, 6.07) is 9.03. The van der Waals surface area contributed by atoms with Gasteiger partial charge in [0.1, 0.15) is 5.70 Å².